The van der Waals surface area contributed by atoms with Crippen molar-refractivity contribution >= 4 is 28.9 Å². The molecule has 2 heterocycles. The quantitative estimate of drug-likeness (QED) is 0.340. The van der Waals surface area contributed by atoms with E-state index >= 15 is 0 Å². The van der Waals surface area contributed by atoms with E-state index in [0.717, 1.165) is 16.0 Å². The number of thiophene rings is 1. The molecule has 0 amide bonds. The van der Waals surface area contributed by atoms with E-state index in [1.807, 2.05) is 24.4 Å². The fraction of sp³-hybridized carbons (Fsp3) is 0.0952. The van der Waals surface area contributed by atoms with Gasteiger partial charge >= 0.3 is 0 Å². The Morgan fingerprint density at radius 3 is 2.64 bits per heavy atom. The first-order valence-electron chi connectivity index (χ1n) is 8.50. The van der Waals surface area contributed by atoms with Gasteiger partial charge in [0.15, 0.2) is 5.76 Å². The number of Topliss-reactive ketones (excluding diaryl/α,β-unsaturated/α-hetero) is 1. The van der Waals surface area contributed by atoms with Crippen molar-refractivity contribution in [1.82, 2.24) is 0 Å². The van der Waals surface area contributed by atoms with Crippen molar-refractivity contribution in [3.8, 4) is 11.5 Å². The molecule has 0 radical (unpaired) electrons. The van der Waals surface area contributed by atoms with E-state index in [0.29, 0.717) is 22.8 Å². The van der Waals surface area contributed by atoms with Crippen molar-refractivity contribution in [2.24, 2.45) is 0 Å². The standard InChI is InChI=1S/C21H15NO5S/c1-13-18(26-12-14-4-6-15(7-5-14)22(24)25)9-8-17-20(23)19(27-21(13)17)11-16-3-2-10-28-16/h2-11H,12H2,1H3/b19-11-. The Hall–Kier alpha value is -3.45. The van der Waals surface area contributed by atoms with Gasteiger partial charge in [-0.1, -0.05) is 6.07 Å². The summed E-state index contributed by atoms with van der Waals surface area (Å²) in [5, 5.41) is 12.7. The summed E-state index contributed by atoms with van der Waals surface area (Å²) in [6.07, 6.45) is 1.74. The third-order valence-corrected chi connectivity index (χ3v) is 5.21. The van der Waals surface area contributed by atoms with E-state index in [1.54, 1.807) is 30.3 Å². The molecular formula is C21H15NO5S. The summed E-state index contributed by atoms with van der Waals surface area (Å²) in [6.45, 7) is 2.09. The molecule has 0 fully saturated rings. The Morgan fingerprint density at radius 1 is 1.18 bits per heavy atom. The van der Waals surface area contributed by atoms with Crippen molar-refractivity contribution in [3.63, 3.8) is 0 Å². The Labute approximate surface area is 164 Å². The summed E-state index contributed by atoms with van der Waals surface area (Å²) < 4.78 is 11.7. The summed E-state index contributed by atoms with van der Waals surface area (Å²) in [5.41, 5.74) is 2.10. The van der Waals surface area contributed by atoms with Crippen molar-refractivity contribution < 1.29 is 19.2 Å². The molecule has 0 atom stereocenters. The van der Waals surface area contributed by atoms with Crippen LogP contribution in [-0.4, -0.2) is 10.7 Å². The molecule has 1 aliphatic rings. The van der Waals surface area contributed by atoms with Crippen LogP contribution in [0.25, 0.3) is 6.08 Å². The average molecular weight is 393 g/mol. The van der Waals surface area contributed by atoms with Gasteiger partial charge in [-0.2, -0.15) is 0 Å². The minimum absolute atomic E-state index is 0.0365. The van der Waals surface area contributed by atoms with Crippen LogP contribution in [0.4, 0.5) is 5.69 Å². The fourth-order valence-corrected chi connectivity index (χ4v) is 3.55. The van der Waals surface area contributed by atoms with Gasteiger partial charge in [-0.3, -0.25) is 14.9 Å². The average Bonchev–Trinajstić information content (AvgIpc) is 3.31. The lowest BCUT2D eigenvalue weighted by Gasteiger charge is -2.11. The second kappa shape index (κ2) is 7.28. The number of non-ortho nitro benzene ring substituents is 1. The van der Waals surface area contributed by atoms with Gasteiger partial charge in [0.1, 0.15) is 18.1 Å². The number of allylic oxidation sites excluding steroid dienone is 1. The highest BCUT2D eigenvalue weighted by Crippen LogP contribution is 2.39. The highest BCUT2D eigenvalue weighted by molar-refractivity contribution is 7.10. The first-order chi connectivity index (χ1) is 13.5. The normalized spacial score (nSPS) is 14.0. The number of ketones is 1. The van der Waals surface area contributed by atoms with Gasteiger partial charge in [0.2, 0.25) is 5.78 Å². The Bertz CT molecular complexity index is 1080. The number of nitrogens with zero attached hydrogens (tertiary/aromatic N) is 1. The molecule has 0 aliphatic carbocycles. The minimum atomic E-state index is -0.440. The van der Waals surface area contributed by atoms with Crippen LogP contribution in [-0.2, 0) is 6.61 Å². The number of nitro groups is 1. The fourth-order valence-electron chi connectivity index (χ4n) is 2.90. The lowest BCUT2D eigenvalue weighted by molar-refractivity contribution is -0.384. The second-order valence-electron chi connectivity index (χ2n) is 6.23. The molecule has 1 aliphatic heterocycles. The van der Waals surface area contributed by atoms with Crippen LogP contribution in [0.3, 0.4) is 0 Å². The molecule has 6 nitrogen and oxygen atoms in total. The van der Waals surface area contributed by atoms with Gasteiger partial charge in [-0.05, 0) is 48.2 Å². The third-order valence-electron chi connectivity index (χ3n) is 4.39. The molecule has 0 N–H and O–H groups in total. The molecule has 0 saturated carbocycles. The number of benzene rings is 2. The van der Waals surface area contributed by atoms with E-state index in [1.165, 1.54) is 23.5 Å². The molecule has 3 aromatic rings. The number of hydrogen-bond donors (Lipinski definition) is 0. The van der Waals surface area contributed by atoms with Crippen molar-refractivity contribution in [2.45, 2.75) is 13.5 Å². The summed E-state index contributed by atoms with van der Waals surface area (Å²) in [4.78, 5) is 23.8. The topological polar surface area (TPSA) is 78.7 Å². The summed E-state index contributed by atoms with van der Waals surface area (Å²) >= 11 is 1.53. The predicted molar refractivity (Wildman–Crippen MR) is 106 cm³/mol. The number of nitro benzene ring substituents is 1. The van der Waals surface area contributed by atoms with E-state index < -0.39 is 4.92 Å². The van der Waals surface area contributed by atoms with Crippen LogP contribution in [0.1, 0.15) is 26.4 Å². The van der Waals surface area contributed by atoms with Gasteiger partial charge in [0.25, 0.3) is 5.69 Å². The van der Waals surface area contributed by atoms with E-state index in [-0.39, 0.29) is 18.1 Å². The van der Waals surface area contributed by atoms with Gasteiger partial charge in [0.05, 0.1) is 10.5 Å². The van der Waals surface area contributed by atoms with Crippen molar-refractivity contribution in [1.29, 1.82) is 0 Å². The zero-order chi connectivity index (χ0) is 19.7. The van der Waals surface area contributed by atoms with Crippen molar-refractivity contribution in [2.75, 3.05) is 0 Å². The highest BCUT2D eigenvalue weighted by atomic mass is 32.1. The van der Waals surface area contributed by atoms with Crippen LogP contribution < -0.4 is 9.47 Å². The minimum Gasteiger partial charge on any atom is -0.488 e. The maximum atomic E-state index is 12.6. The van der Waals surface area contributed by atoms with E-state index in [2.05, 4.69) is 0 Å². The summed E-state index contributed by atoms with van der Waals surface area (Å²) in [5.74, 6) is 1.26. The van der Waals surface area contributed by atoms with Crippen LogP contribution in [0, 0.1) is 17.0 Å². The van der Waals surface area contributed by atoms with Gasteiger partial charge in [0, 0.05) is 28.6 Å². The predicted octanol–water partition coefficient (Wildman–Crippen LogP) is 5.16. The van der Waals surface area contributed by atoms with Gasteiger partial charge in [-0.25, -0.2) is 0 Å². The molecule has 7 heteroatoms. The summed E-state index contributed by atoms with van der Waals surface area (Å²) in [7, 11) is 0. The lowest BCUT2D eigenvalue weighted by Crippen LogP contribution is -1.99. The molecule has 0 spiro atoms. The third kappa shape index (κ3) is 3.39. The number of hydrogen-bond acceptors (Lipinski definition) is 6. The SMILES string of the molecule is Cc1c(OCc2ccc([N+](=O)[O-])cc2)ccc2c1O/C(=C\c1cccs1)C2=O. The number of rotatable bonds is 5. The van der Waals surface area contributed by atoms with E-state index in [4.69, 9.17) is 9.47 Å². The van der Waals surface area contributed by atoms with Gasteiger partial charge in [-0.15, -0.1) is 11.3 Å². The largest absolute Gasteiger partial charge is 0.488 e. The molecule has 0 bridgehead atoms. The maximum absolute atomic E-state index is 12.6. The zero-order valence-electron chi connectivity index (χ0n) is 14.9. The zero-order valence-corrected chi connectivity index (χ0v) is 15.7. The molecule has 0 unspecified atom stereocenters. The highest BCUT2D eigenvalue weighted by Gasteiger charge is 2.30. The molecule has 4 rings (SSSR count). The molecule has 0 saturated heterocycles. The monoisotopic (exact) mass is 393 g/mol. The molecule has 2 aromatic carbocycles. The molecule has 28 heavy (non-hydrogen) atoms. The summed E-state index contributed by atoms with van der Waals surface area (Å²) in [6, 6.07) is 13.5. The van der Waals surface area contributed by atoms with Gasteiger partial charge < -0.3 is 9.47 Å². The van der Waals surface area contributed by atoms with E-state index in [9.17, 15) is 14.9 Å². The maximum Gasteiger partial charge on any atom is 0.269 e. The number of fused-ring (bicyclic) bond motifs is 1. The number of carbonyl (C=O) groups excluding carboxylic acids is 1. The van der Waals surface area contributed by atoms with Crippen LogP contribution in [0.2, 0.25) is 0 Å². The Morgan fingerprint density at radius 2 is 1.96 bits per heavy atom. The molecular weight excluding hydrogens is 378 g/mol. The molecule has 1 aromatic heterocycles. The Kier molecular flexibility index (Phi) is 4.67. The number of carbonyl (C=O) groups is 1. The van der Waals surface area contributed by atoms with Crippen LogP contribution in [0.15, 0.2) is 59.7 Å². The first-order valence-corrected chi connectivity index (χ1v) is 9.38. The van der Waals surface area contributed by atoms with Crippen LogP contribution in [0.5, 0.6) is 11.5 Å². The smallest absolute Gasteiger partial charge is 0.269 e. The van der Waals surface area contributed by atoms with Crippen molar-refractivity contribution in [3.05, 3.63) is 91.4 Å². The lowest BCUT2D eigenvalue weighted by atomic mass is 10.1. The second-order valence-corrected chi connectivity index (χ2v) is 7.21. The van der Waals surface area contributed by atoms with Crippen LogP contribution >= 0.6 is 11.3 Å². The molecule has 140 valence electrons. The Balaban J connectivity index is 1.53. The first kappa shape index (κ1) is 17.9. The number of ether oxygens (including phenoxy) is 2.